The Bertz CT molecular complexity index is 519. The van der Waals surface area contributed by atoms with Gasteiger partial charge >= 0.3 is 5.97 Å². The van der Waals surface area contributed by atoms with E-state index in [1.165, 1.54) is 11.8 Å². The molecule has 1 atom stereocenters. The average molecular weight is 331 g/mol. The minimum absolute atomic E-state index is 0.0726. The molecule has 0 saturated carbocycles. The lowest BCUT2D eigenvalue weighted by atomic mass is 10.1. The molecule has 0 saturated heterocycles. The zero-order valence-corrected chi connectivity index (χ0v) is 13.7. The van der Waals surface area contributed by atoms with Crippen molar-refractivity contribution in [2.45, 2.75) is 31.3 Å². The third kappa shape index (κ3) is 4.20. The molecule has 116 valence electrons. The van der Waals surface area contributed by atoms with Crippen LogP contribution in [0.4, 0.5) is 0 Å². The van der Waals surface area contributed by atoms with Gasteiger partial charge in [0.25, 0.3) is 0 Å². The molecule has 1 aliphatic heterocycles. The number of hydrogen-bond donors (Lipinski definition) is 1. The molecular formula is C15H19ClO4S. The number of rotatable bonds is 5. The fraction of sp³-hybridized carbons (Fsp3) is 0.533. The van der Waals surface area contributed by atoms with Crippen molar-refractivity contribution in [3.63, 3.8) is 0 Å². The van der Waals surface area contributed by atoms with Crippen LogP contribution in [-0.2, 0) is 10.5 Å². The van der Waals surface area contributed by atoms with Crippen LogP contribution in [0.5, 0.6) is 11.5 Å². The quantitative estimate of drug-likeness (QED) is 0.888. The molecule has 1 N–H and O–H groups in total. The van der Waals surface area contributed by atoms with Gasteiger partial charge < -0.3 is 14.6 Å². The van der Waals surface area contributed by atoms with E-state index in [-0.39, 0.29) is 5.92 Å². The van der Waals surface area contributed by atoms with E-state index in [0.29, 0.717) is 35.5 Å². The second-order valence-corrected chi connectivity index (χ2v) is 6.81. The fourth-order valence-electron chi connectivity index (χ4n) is 2.10. The first kappa shape index (κ1) is 16.3. The minimum Gasteiger partial charge on any atom is -0.489 e. The first-order chi connectivity index (χ1) is 9.99. The molecule has 0 aliphatic carbocycles. The van der Waals surface area contributed by atoms with E-state index >= 15 is 0 Å². The predicted octanol–water partition coefficient (Wildman–Crippen LogP) is 3.84. The van der Waals surface area contributed by atoms with Gasteiger partial charge in [0, 0.05) is 12.2 Å². The highest BCUT2D eigenvalue weighted by Crippen LogP contribution is 2.39. The lowest BCUT2D eigenvalue weighted by Gasteiger charge is -2.16. The third-order valence-corrected chi connectivity index (χ3v) is 5.03. The molecule has 1 aliphatic rings. The largest absolute Gasteiger partial charge is 0.489 e. The van der Waals surface area contributed by atoms with Crippen LogP contribution in [0.25, 0.3) is 0 Å². The molecule has 0 fully saturated rings. The Balaban J connectivity index is 2.12. The smallest absolute Gasteiger partial charge is 0.316 e. The zero-order chi connectivity index (χ0) is 15.4. The molecule has 4 nitrogen and oxygen atoms in total. The highest BCUT2D eigenvalue weighted by molar-refractivity contribution is 7.99. The molecule has 1 unspecified atom stereocenters. The molecule has 1 heterocycles. The average Bonchev–Trinajstić information content (AvgIpc) is 2.63. The molecule has 0 amide bonds. The van der Waals surface area contributed by atoms with Crippen LogP contribution in [0.3, 0.4) is 0 Å². The Hall–Kier alpha value is -1.07. The van der Waals surface area contributed by atoms with E-state index in [4.69, 9.17) is 21.1 Å². The first-order valence-corrected chi connectivity index (χ1v) is 8.34. The summed E-state index contributed by atoms with van der Waals surface area (Å²) in [4.78, 5) is 11.2. The minimum atomic E-state index is -0.782. The van der Waals surface area contributed by atoms with E-state index in [2.05, 4.69) is 0 Å². The molecule has 0 aromatic heterocycles. The van der Waals surface area contributed by atoms with E-state index < -0.39 is 11.2 Å². The second kappa shape index (κ2) is 7.27. The molecule has 6 heteroatoms. The zero-order valence-electron chi connectivity index (χ0n) is 12.1. The topological polar surface area (TPSA) is 55.8 Å². The van der Waals surface area contributed by atoms with E-state index in [9.17, 15) is 9.90 Å². The maximum Gasteiger partial charge on any atom is 0.316 e. The molecular weight excluding hydrogens is 312 g/mol. The van der Waals surface area contributed by atoms with Crippen LogP contribution < -0.4 is 9.47 Å². The number of benzene rings is 1. The maximum absolute atomic E-state index is 11.2. The number of aliphatic carboxylic acids is 1. The standard InChI is InChI=1S/C15H19ClO4S/c1-9(2)14(15(17)18)21-8-10-6-11(16)13-12(7-10)19-4-3-5-20-13/h6-7,9,14H,3-5,8H2,1-2H3,(H,17,18). The van der Waals surface area contributed by atoms with Crippen LogP contribution in [-0.4, -0.2) is 29.5 Å². The van der Waals surface area contributed by atoms with E-state index in [1.807, 2.05) is 26.0 Å². The Labute approximate surface area is 133 Å². The van der Waals surface area contributed by atoms with Crippen LogP contribution in [0.2, 0.25) is 5.02 Å². The van der Waals surface area contributed by atoms with Gasteiger partial charge in [0.2, 0.25) is 0 Å². The van der Waals surface area contributed by atoms with Gasteiger partial charge in [0.05, 0.1) is 18.2 Å². The van der Waals surface area contributed by atoms with Gasteiger partial charge in [0.1, 0.15) is 5.25 Å². The van der Waals surface area contributed by atoms with Gasteiger partial charge in [-0.3, -0.25) is 4.79 Å². The van der Waals surface area contributed by atoms with Crippen molar-refractivity contribution in [3.05, 3.63) is 22.7 Å². The summed E-state index contributed by atoms with van der Waals surface area (Å²) < 4.78 is 11.2. The molecule has 1 aromatic carbocycles. The van der Waals surface area contributed by atoms with E-state index in [1.54, 1.807) is 0 Å². The Kier molecular flexibility index (Phi) is 5.65. The van der Waals surface area contributed by atoms with Gasteiger partial charge in [-0.25, -0.2) is 0 Å². The monoisotopic (exact) mass is 330 g/mol. The summed E-state index contributed by atoms with van der Waals surface area (Å²) in [5.41, 5.74) is 0.946. The van der Waals surface area contributed by atoms with Crippen molar-refractivity contribution in [1.82, 2.24) is 0 Å². The Morgan fingerprint density at radius 2 is 2.10 bits per heavy atom. The summed E-state index contributed by atoms with van der Waals surface area (Å²) in [5.74, 6) is 1.10. The van der Waals surface area contributed by atoms with Crippen LogP contribution in [0.1, 0.15) is 25.8 Å². The summed E-state index contributed by atoms with van der Waals surface area (Å²) in [5, 5.41) is 9.30. The van der Waals surface area contributed by atoms with Crippen LogP contribution in [0, 0.1) is 5.92 Å². The lowest BCUT2D eigenvalue weighted by Crippen LogP contribution is -2.22. The van der Waals surface area contributed by atoms with Crippen molar-refractivity contribution in [2.75, 3.05) is 13.2 Å². The number of carbonyl (C=O) groups is 1. The van der Waals surface area contributed by atoms with Gasteiger partial charge in [0.15, 0.2) is 11.5 Å². The Morgan fingerprint density at radius 1 is 1.38 bits per heavy atom. The highest BCUT2D eigenvalue weighted by Gasteiger charge is 2.22. The van der Waals surface area contributed by atoms with Gasteiger partial charge in [-0.1, -0.05) is 25.4 Å². The van der Waals surface area contributed by atoms with Crippen molar-refractivity contribution < 1.29 is 19.4 Å². The number of halogens is 1. The molecule has 0 spiro atoms. The molecule has 2 rings (SSSR count). The highest BCUT2D eigenvalue weighted by atomic mass is 35.5. The Morgan fingerprint density at radius 3 is 2.76 bits per heavy atom. The normalized spacial score (nSPS) is 15.6. The molecule has 21 heavy (non-hydrogen) atoms. The summed E-state index contributed by atoms with van der Waals surface area (Å²) in [6.07, 6.45) is 0.823. The number of hydrogen-bond acceptors (Lipinski definition) is 4. The van der Waals surface area contributed by atoms with Crippen LogP contribution in [0.15, 0.2) is 12.1 Å². The van der Waals surface area contributed by atoms with Crippen molar-refractivity contribution in [2.24, 2.45) is 5.92 Å². The summed E-state index contributed by atoms with van der Waals surface area (Å²) in [6, 6.07) is 3.71. The number of thioether (sulfide) groups is 1. The maximum atomic E-state index is 11.2. The number of carboxylic acid groups (broad SMARTS) is 1. The number of ether oxygens (including phenoxy) is 2. The molecule has 0 bridgehead atoms. The van der Waals surface area contributed by atoms with Gasteiger partial charge in [-0.15, -0.1) is 11.8 Å². The SMILES string of the molecule is CC(C)C(SCc1cc(Cl)c2c(c1)OCCCO2)C(=O)O. The third-order valence-electron chi connectivity index (χ3n) is 3.14. The van der Waals surface area contributed by atoms with Crippen molar-refractivity contribution in [1.29, 1.82) is 0 Å². The molecule has 0 radical (unpaired) electrons. The van der Waals surface area contributed by atoms with Gasteiger partial charge in [-0.05, 0) is 23.6 Å². The second-order valence-electron chi connectivity index (χ2n) is 5.27. The number of carboxylic acids is 1. The van der Waals surface area contributed by atoms with Crippen molar-refractivity contribution >= 4 is 29.3 Å². The predicted molar refractivity (Wildman–Crippen MR) is 84.6 cm³/mol. The summed E-state index contributed by atoms with van der Waals surface area (Å²) in [7, 11) is 0. The first-order valence-electron chi connectivity index (χ1n) is 6.91. The number of fused-ring (bicyclic) bond motifs is 1. The van der Waals surface area contributed by atoms with E-state index in [0.717, 1.165) is 12.0 Å². The summed E-state index contributed by atoms with van der Waals surface area (Å²) >= 11 is 7.63. The lowest BCUT2D eigenvalue weighted by molar-refractivity contribution is -0.137. The fourth-order valence-corrected chi connectivity index (χ4v) is 3.46. The van der Waals surface area contributed by atoms with Crippen LogP contribution >= 0.6 is 23.4 Å². The van der Waals surface area contributed by atoms with Crippen molar-refractivity contribution in [3.8, 4) is 11.5 Å². The molecule has 1 aromatic rings. The summed E-state index contributed by atoms with van der Waals surface area (Å²) in [6.45, 7) is 5.01. The van der Waals surface area contributed by atoms with Gasteiger partial charge in [-0.2, -0.15) is 0 Å².